The average molecular weight is 395 g/mol. The number of nitrogens with one attached hydrogen (secondary N) is 3. The van der Waals surface area contributed by atoms with Crippen molar-refractivity contribution in [3.63, 3.8) is 0 Å². The summed E-state index contributed by atoms with van der Waals surface area (Å²) in [6.45, 7) is 1.93. The normalized spacial score (nSPS) is 25.4. The molecule has 2 aliphatic heterocycles. The van der Waals surface area contributed by atoms with E-state index in [2.05, 4.69) is 16.0 Å². The van der Waals surface area contributed by atoms with E-state index in [1.807, 2.05) is 19.1 Å². The SMILES string of the molecule is COc1ccc(C)cc1NC(=O)CCCC[C@@H]1[C@@H]2NC(=O)N[C@H]2CS1(=O)=O. The van der Waals surface area contributed by atoms with E-state index >= 15 is 0 Å². The molecule has 2 fully saturated rings. The molecule has 3 amide bonds. The molecule has 0 saturated carbocycles. The first-order valence-corrected chi connectivity index (χ1v) is 10.7. The van der Waals surface area contributed by atoms with Crippen molar-refractivity contribution in [2.75, 3.05) is 18.2 Å². The van der Waals surface area contributed by atoms with Gasteiger partial charge in [0.2, 0.25) is 5.91 Å². The molecule has 3 N–H and O–H groups in total. The second kappa shape index (κ2) is 7.75. The van der Waals surface area contributed by atoms with Gasteiger partial charge in [0.1, 0.15) is 5.75 Å². The van der Waals surface area contributed by atoms with Crippen LogP contribution in [0.4, 0.5) is 10.5 Å². The molecule has 27 heavy (non-hydrogen) atoms. The van der Waals surface area contributed by atoms with Gasteiger partial charge < -0.3 is 20.7 Å². The number of fused-ring (bicyclic) bond motifs is 1. The Labute approximate surface area is 159 Å². The predicted octanol–water partition coefficient (Wildman–Crippen LogP) is 1.35. The fraction of sp³-hybridized carbons (Fsp3) is 0.556. The third-order valence-electron chi connectivity index (χ3n) is 5.09. The molecule has 1 aromatic carbocycles. The van der Waals surface area contributed by atoms with Crippen LogP contribution in [0.25, 0.3) is 0 Å². The summed E-state index contributed by atoms with van der Waals surface area (Å²) in [5.41, 5.74) is 1.64. The van der Waals surface area contributed by atoms with Crippen LogP contribution in [0.5, 0.6) is 5.75 Å². The maximum atomic E-state index is 12.3. The Bertz CT molecular complexity index is 839. The van der Waals surface area contributed by atoms with Crippen LogP contribution >= 0.6 is 0 Å². The van der Waals surface area contributed by atoms with Gasteiger partial charge in [0.15, 0.2) is 9.84 Å². The highest BCUT2D eigenvalue weighted by Crippen LogP contribution is 2.29. The highest BCUT2D eigenvalue weighted by Gasteiger charge is 2.51. The van der Waals surface area contributed by atoms with Gasteiger partial charge in [-0.05, 0) is 37.5 Å². The number of amides is 3. The fourth-order valence-electron chi connectivity index (χ4n) is 3.77. The molecule has 3 rings (SSSR count). The zero-order valence-corrected chi connectivity index (χ0v) is 16.3. The number of ether oxygens (including phenoxy) is 1. The summed E-state index contributed by atoms with van der Waals surface area (Å²) in [4.78, 5) is 23.6. The molecule has 2 heterocycles. The van der Waals surface area contributed by atoms with E-state index in [-0.39, 0.29) is 29.8 Å². The van der Waals surface area contributed by atoms with Crippen LogP contribution in [0.3, 0.4) is 0 Å². The lowest BCUT2D eigenvalue weighted by atomic mass is 10.0. The van der Waals surface area contributed by atoms with Gasteiger partial charge >= 0.3 is 6.03 Å². The van der Waals surface area contributed by atoms with Crippen LogP contribution in [0.15, 0.2) is 18.2 Å². The van der Waals surface area contributed by atoms with Gasteiger partial charge in [-0.1, -0.05) is 12.5 Å². The summed E-state index contributed by atoms with van der Waals surface area (Å²) in [6, 6.07) is 4.53. The minimum absolute atomic E-state index is 0.0191. The Kier molecular flexibility index (Phi) is 5.59. The number of carbonyl (C=O) groups is 2. The second-order valence-corrected chi connectivity index (χ2v) is 9.38. The van der Waals surface area contributed by atoms with Crippen molar-refractivity contribution in [3.8, 4) is 5.75 Å². The summed E-state index contributed by atoms with van der Waals surface area (Å²) in [7, 11) is -1.68. The Balaban J connectivity index is 1.48. The molecule has 2 aliphatic rings. The first-order chi connectivity index (χ1) is 12.8. The third-order valence-corrected chi connectivity index (χ3v) is 7.37. The van der Waals surface area contributed by atoms with Gasteiger partial charge in [0.05, 0.1) is 35.9 Å². The number of hydrogen-bond acceptors (Lipinski definition) is 5. The molecule has 0 aliphatic carbocycles. The highest BCUT2D eigenvalue weighted by atomic mass is 32.2. The van der Waals surface area contributed by atoms with Crippen LogP contribution in [0.2, 0.25) is 0 Å². The monoisotopic (exact) mass is 395 g/mol. The lowest BCUT2D eigenvalue weighted by Gasteiger charge is -2.16. The molecule has 2 saturated heterocycles. The molecule has 148 valence electrons. The smallest absolute Gasteiger partial charge is 0.315 e. The highest BCUT2D eigenvalue weighted by molar-refractivity contribution is 7.92. The summed E-state index contributed by atoms with van der Waals surface area (Å²) in [6.07, 6.45) is 1.90. The largest absolute Gasteiger partial charge is 0.495 e. The topological polar surface area (TPSA) is 114 Å². The van der Waals surface area contributed by atoms with Gasteiger partial charge in [-0.25, -0.2) is 13.2 Å². The minimum atomic E-state index is -3.23. The van der Waals surface area contributed by atoms with Crippen LogP contribution in [0.1, 0.15) is 31.2 Å². The number of hydrogen-bond donors (Lipinski definition) is 3. The average Bonchev–Trinajstić information content (AvgIpc) is 3.03. The summed E-state index contributed by atoms with van der Waals surface area (Å²) in [5, 5.41) is 7.61. The van der Waals surface area contributed by atoms with Crippen molar-refractivity contribution in [1.82, 2.24) is 10.6 Å². The number of sulfone groups is 1. The number of anilines is 1. The molecular formula is C18H25N3O5S. The first kappa shape index (κ1) is 19.5. The predicted molar refractivity (Wildman–Crippen MR) is 102 cm³/mol. The van der Waals surface area contributed by atoms with E-state index in [0.717, 1.165) is 5.56 Å². The summed E-state index contributed by atoms with van der Waals surface area (Å²) >= 11 is 0. The standard InChI is InChI=1S/C18H25N3O5S/c1-11-7-8-14(26-2)12(9-11)19-16(22)6-4-3-5-15-17-13(10-27(15,24)25)20-18(23)21-17/h7-9,13,15,17H,3-6,10H2,1-2H3,(H,19,22)(H2,20,21,23)/t13-,15+,17+/m0/s1. The maximum Gasteiger partial charge on any atom is 0.315 e. The van der Waals surface area contributed by atoms with Crippen molar-refractivity contribution >= 4 is 27.5 Å². The van der Waals surface area contributed by atoms with Crippen molar-refractivity contribution in [2.45, 2.75) is 49.9 Å². The van der Waals surface area contributed by atoms with Crippen molar-refractivity contribution < 1.29 is 22.7 Å². The Morgan fingerprint density at radius 1 is 1.30 bits per heavy atom. The summed E-state index contributed by atoms with van der Waals surface area (Å²) < 4.78 is 29.8. The molecule has 9 heteroatoms. The number of carbonyl (C=O) groups excluding carboxylic acids is 2. The molecular weight excluding hydrogens is 370 g/mol. The van der Waals surface area contributed by atoms with Crippen molar-refractivity contribution in [2.24, 2.45) is 0 Å². The van der Waals surface area contributed by atoms with Gasteiger partial charge in [-0.15, -0.1) is 0 Å². The fourth-order valence-corrected chi connectivity index (χ4v) is 6.04. The first-order valence-electron chi connectivity index (χ1n) is 9.03. The number of unbranched alkanes of at least 4 members (excludes halogenated alkanes) is 1. The Morgan fingerprint density at radius 2 is 2.07 bits per heavy atom. The molecule has 0 unspecified atom stereocenters. The van der Waals surface area contributed by atoms with Gasteiger partial charge in [0.25, 0.3) is 0 Å². The molecule has 1 aromatic rings. The Morgan fingerprint density at radius 3 is 2.81 bits per heavy atom. The molecule has 0 radical (unpaired) electrons. The molecule has 0 spiro atoms. The number of aryl methyl sites for hydroxylation is 1. The minimum Gasteiger partial charge on any atom is -0.495 e. The van der Waals surface area contributed by atoms with E-state index in [0.29, 0.717) is 37.1 Å². The molecule has 8 nitrogen and oxygen atoms in total. The van der Waals surface area contributed by atoms with E-state index in [1.165, 1.54) is 0 Å². The van der Waals surface area contributed by atoms with Crippen LogP contribution in [-0.4, -0.2) is 50.6 Å². The lowest BCUT2D eigenvalue weighted by Crippen LogP contribution is -2.39. The summed E-state index contributed by atoms with van der Waals surface area (Å²) in [5.74, 6) is 0.442. The van der Waals surface area contributed by atoms with Gasteiger partial charge in [-0.3, -0.25) is 4.79 Å². The Hall–Kier alpha value is -2.29. The molecule has 0 aromatic heterocycles. The van der Waals surface area contributed by atoms with Crippen molar-refractivity contribution in [3.05, 3.63) is 23.8 Å². The second-order valence-electron chi connectivity index (χ2n) is 7.12. The van der Waals surface area contributed by atoms with E-state index in [9.17, 15) is 18.0 Å². The van der Waals surface area contributed by atoms with E-state index < -0.39 is 15.1 Å². The number of methoxy groups -OCH3 is 1. The van der Waals surface area contributed by atoms with Gasteiger partial charge in [0, 0.05) is 6.42 Å². The van der Waals surface area contributed by atoms with Crippen LogP contribution in [-0.2, 0) is 14.6 Å². The van der Waals surface area contributed by atoms with Crippen LogP contribution in [0, 0.1) is 6.92 Å². The number of urea groups is 1. The molecule has 0 bridgehead atoms. The molecule has 3 atom stereocenters. The van der Waals surface area contributed by atoms with Crippen LogP contribution < -0.4 is 20.7 Å². The zero-order valence-electron chi connectivity index (χ0n) is 15.4. The number of rotatable bonds is 7. The lowest BCUT2D eigenvalue weighted by molar-refractivity contribution is -0.116. The number of benzene rings is 1. The quantitative estimate of drug-likeness (QED) is 0.476. The maximum absolute atomic E-state index is 12.3. The van der Waals surface area contributed by atoms with Gasteiger partial charge in [-0.2, -0.15) is 0 Å². The third kappa shape index (κ3) is 4.35. The van der Waals surface area contributed by atoms with Crippen molar-refractivity contribution in [1.29, 1.82) is 0 Å². The van der Waals surface area contributed by atoms with E-state index in [1.54, 1.807) is 13.2 Å². The van der Waals surface area contributed by atoms with E-state index in [4.69, 9.17) is 4.74 Å². The zero-order chi connectivity index (χ0) is 19.6.